The lowest BCUT2D eigenvalue weighted by Gasteiger charge is -2.52. The van der Waals surface area contributed by atoms with Gasteiger partial charge in [-0.05, 0) is 73.5 Å². The van der Waals surface area contributed by atoms with Crippen LogP contribution in [0.4, 0.5) is 4.39 Å². The van der Waals surface area contributed by atoms with Crippen LogP contribution in [0.2, 0.25) is 0 Å². The van der Waals surface area contributed by atoms with Crippen LogP contribution in [-0.4, -0.2) is 11.3 Å². The van der Waals surface area contributed by atoms with E-state index in [9.17, 15) is 4.39 Å². The summed E-state index contributed by atoms with van der Waals surface area (Å²) in [4.78, 5) is 0. The molecule has 0 spiro atoms. The normalized spacial score (nSPS) is 30.7. The van der Waals surface area contributed by atoms with Crippen LogP contribution in [0, 0.1) is 0 Å². The molecule has 1 aromatic rings. The van der Waals surface area contributed by atoms with Crippen molar-refractivity contribution in [1.29, 1.82) is 0 Å². The fourth-order valence-electron chi connectivity index (χ4n) is 4.29. The highest BCUT2D eigenvalue weighted by Crippen LogP contribution is 2.57. The van der Waals surface area contributed by atoms with E-state index in [-0.39, 0.29) is 0 Å². The maximum atomic E-state index is 12.6. The smallest absolute Gasteiger partial charge is 0.0871 e. The number of halogens is 1. The van der Waals surface area contributed by atoms with Crippen LogP contribution in [0.25, 0.3) is 0 Å². The Kier molecular flexibility index (Phi) is 5.14. The lowest BCUT2D eigenvalue weighted by Crippen LogP contribution is -2.47. The Bertz CT molecular complexity index is 543. The molecule has 0 saturated heterocycles. The van der Waals surface area contributed by atoms with Crippen molar-refractivity contribution >= 4 is 11.9 Å². The lowest BCUT2D eigenvalue weighted by molar-refractivity contribution is 0.158. The van der Waals surface area contributed by atoms with E-state index in [1.807, 2.05) is 0 Å². The van der Waals surface area contributed by atoms with Crippen molar-refractivity contribution < 1.29 is 4.39 Å². The van der Waals surface area contributed by atoms with E-state index in [2.05, 4.69) is 24.3 Å². The molecule has 3 aliphatic rings. The van der Waals surface area contributed by atoms with Gasteiger partial charge < -0.3 is 5.73 Å². The van der Waals surface area contributed by atoms with E-state index in [4.69, 9.17) is 10.9 Å². The van der Waals surface area contributed by atoms with Crippen molar-refractivity contribution in [3.63, 3.8) is 0 Å². The highest BCUT2D eigenvalue weighted by Gasteiger charge is 2.49. The van der Waals surface area contributed by atoms with E-state index in [0.717, 1.165) is 6.42 Å². The van der Waals surface area contributed by atoms with Crippen molar-refractivity contribution in [2.45, 2.75) is 61.5 Å². The maximum absolute atomic E-state index is 12.6. The molecule has 126 valence electrons. The first-order valence-electron chi connectivity index (χ1n) is 8.61. The van der Waals surface area contributed by atoms with Gasteiger partial charge in [-0.3, -0.25) is 5.14 Å². The Labute approximate surface area is 143 Å². The summed E-state index contributed by atoms with van der Waals surface area (Å²) in [6, 6.07) is 9.02. The Morgan fingerprint density at radius 2 is 1.70 bits per heavy atom. The second-order valence-electron chi connectivity index (χ2n) is 7.25. The van der Waals surface area contributed by atoms with Gasteiger partial charge in [-0.15, -0.1) is 0 Å². The molecule has 23 heavy (non-hydrogen) atoms. The van der Waals surface area contributed by atoms with Crippen LogP contribution >= 0.6 is 11.9 Å². The Hall–Kier alpha value is -0.840. The third-order valence-corrected chi connectivity index (χ3v) is 7.26. The molecule has 0 aliphatic heterocycles. The van der Waals surface area contributed by atoms with E-state index >= 15 is 0 Å². The highest BCUT2D eigenvalue weighted by atomic mass is 32.2. The van der Waals surface area contributed by atoms with E-state index in [1.54, 1.807) is 11.9 Å². The van der Waals surface area contributed by atoms with Gasteiger partial charge in [0.1, 0.15) is 0 Å². The summed E-state index contributed by atoms with van der Waals surface area (Å²) in [5, 5.41) is 5.93. The van der Waals surface area contributed by atoms with E-state index < -0.39 is 0 Å². The first-order chi connectivity index (χ1) is 11.2. The standard InChI is InChI=1S/C19H27FN2S/c20-13-16(14-21)2-1-15-3-5-17(6-4-15)18-7-10-19(23-22,11-8-18)12-9-18/h3-6,13H,1-2,7-12,14,21-22H2/b16-13-. The van der Waals surface area contributed by atoms with Gasteiger partial charge >= 0.3 is 0 Å². The van der Waals surface area contributed by atoms with Crippen molar-refractivity contribution in [2.24, 2.45) is 10.9 Å². The van der Waals surface area contributed by atoms with Crippen molar-refractivity contribution in [1.82, 2.24) is 0 Å². The minimum absolute atomic E-state index is 0.304. The van der Waals surface area contributed by atoms with Crippen molar-refractivity contribution in [3.8, 4) is 0 Å². The molecule has 2 nitrogen and oxygen atoms in total. The molecule has 4 rings (SSSR count). The number of rotatable bonds is 6. The van der Waals surface area contributed by atoms with Gasteiger partial charge in [-0.25, -0.2) is 4.39 Å². The van der Waals surface area contributed by atoms with Crippen LogP contribution in [0.1, 0.15) is 56.1 Å². The third-order valence-electron chi connectivity index (χ3n) is 6.15. The molecule has 0 amide bonds. The van der Waals surface area contributed by atoms with Crippen molar-refractivity contribution in [3.05, 3.63) is 47.3 Å². The summed E-state index contributed by atoms with van der Waals surface area (Å²) in [5.41, 5.74) is 9.31. The van der Waals surface area contributed by atoms with Crippen LogP contribution in [0.5, 0.6) is 0 Å². The lowest BCUT2D eigenvalue weighted by atomic mass is 9.57. The summed E-state index contributed by atoms with van der Waals surface area (Å²) in [7, 11) is 0. The quantitative estimate of drug-likeness (QED) is 0.759. The highest BCUT2D eigenvalue weighted by molar-refractivity contribution is 7.98. The summed E-state index contributed by atoms with van der Waals surface area (Å²) < 4.78 is 12.9. The fraction of sp³-hybridized carbons (Fsp3) is 0.579. The minimum Gasteiger partial charge on any atom is -0.327 e. The van der Waals surface area contributed by atoms with Crippen LogP contribution in [0.3, 0.4) is 0 Å². The fourth-order valence-corrected chi connectivity index (χ4v) is 4.95. The zero-order chi connectivity index (χ0) is 16.3. The van der Waals surface area contributed by atoms with Gasteiger partial charge in [-0.1, -0.05) is 36.2 Å². The van der Waals surface area contributed by atoms with Gasteiger partial charge in [0.2, 0.25) is 0 Å². The molecule has 0 radical (unpaired) electrons. The molecule has 0 aromatic heterocycles. The SMILES string of the molecule is NC/C(=C\F)CCc1ccc(C23CCC(SN)(CC2)CC3)cc1. The van der Waals surface area contributed by atoms with Crippen LogP contribution < -0.4 is 10.9 Å². The average molecular weight is 335 g/mol. The topological polar surface area (TPSA) is 52.0 Å². The number of benzene rings is 1. The zero-order valence-electron chi connectivity index (χ0n) is 13.7. The third kappa shape index (κ3) is 3.35. The second kappa shape index (κ2) is 6.96. The Morgan fingerprint density at radius 3 is 2.17 bits per heavy atom. The molecule has 3 saturated carbocycles. The Balaban J connectivity index is 1.66. The number of fused-ring (bicyclic) bond motifs is 3. The largest absolute Gasteiger partial charge is 0.327 e. The van der Waals surface area contributed by atoms with Gasteiger partial charge in [0.25, 0.3) is 0 Å². The molecule has 4 heteroatoms. The minimum atomic E-state index is 0.304. The monoisotopic (exact) mass is 334 g/mol. The molecule has 0 unspecified atom stereocenters. The summed E-state index contributed by atoms with van der Waals surface area (Å²) in [6.07, 6.45) is 9.74. The van der Waals surface area contributed by atoms with Gasteiger partial charge in [0, 0.05) is 11.3 Å². The molecular weight excluding hydrogens is 307 g/mol. The predicted molar refractivity (Wildman–Crippen MR) is 96.9 cm³/mol. The second-order valence-corrected chi connectivity index (χ2v) is 8.35. The molecule has 0 heterocycles. The predicted octanol–water partition coefficient (Wildman–Crippen LogP) is 4.38. The Morgan fingerprint density at radius 1 is 1.09 bits per heavy atom. The van der Waals surface area contributed by atoms with E-state index in [0.29, 0.717) is 35.0 Å². The van der Waals surface area contributed by atoms with Crippen LogP contribution in [-0.2, 0) is 11.8 Å². The molecule has 3 fully saturated rings. The molecule has 3 aliphatic carbocycles. The average Bonchev–Trinajstić information content (AvgIpc) is 2.64. The zero-order valence-corrected chi connectivity index (χ0v) is 14.5. The molecular formula is C19H27FN2S. The molecule has 0 atom stereocenters. The van der Waals surface area contributed by atoms with Crippen molar-refractivity contribution in [2.75, 3.05) is 6.54 Å². The van der Waals surface area contributed by atoms with Gasteiger partial charge in [0.15, 0.2) is 0 Å². The number of hydrogen-bond acceptors (Lipinski definition) is 3. The molecule has 1 aromatic carbocycles. The van der Waals surface area contributed by atoms with Gasteiger partial charge in [0.05, 0.1) is 6.33 Å². The number of aryl methyl sites for hydroxylation is 1. The first kappa shape index (κ1) is 17.0. The maximum Gasteiger partial charge on any atom is 0.0871 e. The summed E-state index contributed by atoms with van der Waals surface area (Å²) in [6.45, 7) is 0.304. The summed E-state index contributed by atoms with van der Waals surface area (Å²) >= 11 is 1.59. The summed E-state index contributed by atoms with van der Waals surface area (Å²) in [5.74, 6) is 0. The van der Waals surface area contributed by atoms with Gasteiger partial charge in [-0.2, -0.15) is 0 Å². The van der Waals surface area contributed by atoms with Crippen LogP contribution in [0.15, 0.2) is 36.2 Å². The molecule has 2 bridgehead atoms. The van der Waals surface area contributed by atoms with E-state index in [1.165, 1.54) is 49.7 Å². The number of hydrogen-bond donors (Lipinski definition) is 2. The number of nitrogens with two attached hydrogens (primary N) is 2. The first-order valence-corrected chi connectivity index (χ1v) is 9.49. The molecule has 4 N–H and O–H groups in total.